The molecule has 3 atom stereocenters. The van der Waals surface area contributed by atoms with Crippen LogP contribution in [0.3, 0.4) is 0 Å². The van der Waals surface area contributed by atoms with Gasteiger partial charge in [0, 0.05) is 12.0 Å². The summed E-state index contributed by atoms with van der Waals surface area (Å²) in [6, 6.07) is 13.3. The van der Waals surface area contributed by atoms with Gasteiger partial charge in [-0.25, -0.2) is 14.6 Å². The lowest BCUT2D eigenvalue weighted by atomic mass is 9.87. The van der Waals surface area contributed by atoms with Crippen LogP contribution in [0, 0.1) is 11.3 Å². The zero-order chi connectivity index (χ0) is 25.8. The molecular weight excluding hydrogens is 446 g/mol. The summed E-state index contributed by atoms with van der Waals surface area (Å²) in [5, 5.41) is 12.3. The fraction of sp³-hybridized carbons (Fsp3) is 0.536. The van der Waals surface area contributed by atoms with Gasteiger partial charge >= 0.3 is 11.9 Å². The van der Waals surface area contributed by atoms with Crippen molar-refractivity contribution < 1.29 is 28.9 Å². The third kappa shape index (κ3) is 6.82. The number of ether oxygens (including phenoxy) is 3. The molecule has 7 heteroatoms. The number of aliphatic imine (C=N–C) groups is 1. The van der Waals surface area contributed by atoms with E-state index >= 15 is 0 Å². The van der Waals surface area contributed by atoms with Gasteiger partial charge in [0.05, 0.1) is 12.5 Å². The molecule has 35 heavy (non-hydrogen) atoms. The number of fused-ring (bicyclic) bond motifs is 1. The molecule has 0 amide bonds. The largest absolute Gasteiger partial charge is 0.479 e. The van der Waals surface area contributed by atoms with E-state index in [4.69, 9.17) is 19.2 Å². The summed E-state index contributed by atoms with van der Waals surface area (Å²) in [7, 11) is 0. The van der Waals surface area contributed by atoms with Crippen LogP contribution in [-0.4, -0.2) is 53.9 Å². The van der Waals surface area contributed by atoms with E-state index in [0.29, 0.717) is 12.8 Å². The summed E-state index contributed by atoms with van der Waals surface area (Å²) in [6.07, 6.45) is -0.202. The number of nitrogens with zero attached hydrogens (tertiary/aromatic N) is 1. The first-order valence-corrected chi connectivity index (χ1v) is 12.2. The predicted octanol–water partition coefficient (Wildman–Crippen LogP) is 5.04. The Morgan fingerprint density at radius 3 is 2.46 bits per heavy atom. The van der Waals surface area contributed by atoms with Crippen LogP contribution in [-0.2, 0) is 30.2 Å². The number of carboxylic acids is 1. The number of carbonyl (C=O) groups excluding carboxylic acids is 1. The molecule has 2 aromatic carbocycles. The molecule has 0 spiro atoms. The van der Waals surface area contributed by atoms with Gasteiger partial charge in [-0.2, -0.15) is 0 Å². The van der Waals surface area contributed by atoms with Crippen LogP contribution in [0.5, 0.6) is 0 Å². The zero-order valence-electron chi connectivity index (χ0n) is 21.5. The molecule has 2 aromatic rings. The third-order valence-electron chi connectivity index (χ3n) is 5.91. The van der Waals surface area contributed by atoms with Gasteiger partial charge in [-0.3, -0.25) is 0 Å². The zero-order valence-corrected chi connectivity index (χ0v) is 21.5. The Balaban J connectivity index is 2.11. The van der Waals surface area contributed by atoms with Gasteiger partial charge < -0.3 is 19.3 Å². The van der Waals surface area contributed by atoms with Gasteiger partial charge in [0.15, 0.2) is 18.0 Å². The molecule has 0 bridgehead atoms. The minimum absolute atomic E-state index is 0.200. The topological polar surface area (TPSA) is 94.4 Å². The molecule has 1 heterocycles. The van der Waals surface area contributed by atoms with Crippen molar-refractivity contribution in [3.05, 3.63) is 48.0 Å². The van der Waals surface area contributed by atoms with Gasteiger partial charge in [0.2, 0.25) is 0 Å². The summed E-state index contributed by atoms with van der Waals surface area (Å²) < 4.78 is 17.4. The van der Waals surface area contributed by atoms with Crippen LogP contribution in [0.1, 0.15) is 53.5 Å². The minimum Gasteiger partial charge on any atom is -0.479 e. The molecule has 1 saturated heterocycles. The average molecular weight is 484 g/mol. The van der Waals surface area contributed by atoms with Crippen molar-refractivity contribution in [1.29, 1.82) is 0 Å². The summed E-state index contributed by atoms with van der Waals surface area (Å²) >= 11 is 0. The van der Waals surface area contributed by atoms with Crippen molar-refractivity contribution in [2.75, 3.05) is 13.2 Å². The van der Waals surface area contributed by atoms with E-state index in [1.54, 1.807) is 0 Å². The lowest BCUT2D eigenvalue weighted by Gasteiger charge is -2.32. The Bertz CT molecular complexity index is 1080. The second-order valence-corrected chi connectivity index (χ2v) is 10.8. The lowest BCUT2D eigenvalue weighted by Crippen LogP contribution is -2.43. The van der Waals surface area contributed by atoms with Gasteiger partial charge in [-0.05, 0) is 49.9 Å². The maximum absolute atomic E-state index is 12.6. The third-order valence-corrected chi connectivity index (χ3v) is 5.91. The smallest absolute Gasteiger partial charge is 0.333 e. The quantitative estimate of drug-likeness (QED) is 0.305. The van der Waals surface area contributed by atoms with Crippen molar-refractivity contribution in [3.63, 3.8) is 0 Å². The van der Waals surface area contributed by atoms with E-state index in [9.17, 15) is 14.7 Å². The number of cyclic esters (lactones) is 1. The summed E-state index contributed by atoms with van der Waals surface area (Å²) in [5.41, 5.74) is -0.278. The number of benzene rings is 2. The molecular formula is C28H37NO6. The van der Waals surface area contributed by atoms with Crippen LogP contribution >= 0.6 is 0 Å². The maximum atomic E-state index is 12.6. The number of rotatable bonds is 9. The number of esters is 1. The first-order valence-electron chi connectivity index (χ1n) is 12.2. The highest BCUT2D eigenvalue weighted by molar-refractivity contribution is 5.90. The molecule has 0 saturated carbocycles. The Hall–Kier alpha value is -2.93. The molecule has 1 aliphatic heterocycles. The van der Waals surface area contributed by atoms with E-state index < -0.39 is 41.0 Å². The molecule has 0 unspecified atom stereocenters. The Labute approximate surface area is 207 Å². The fourth-order valence-electron chi connectivity index (χ4n) is 4.15. The average Bonchev–Trinajstić information content (AvgIpc) is 3.03. The van der Waals surface area contributed by atoms with Gasteiger partial charge in [-0.1, -0.05) is 63.2 Å². The van der Waals surface area contributed by atoms with Crippen molar-refractivity contribution >= 4 is 28.6 Å². The van der Waals surface area contributed by atoms with Crippen LogP contribution in [0.15, 0.2) is 47.5 Å². The van der Waals surface area contributed by atoms with Gasteiger partial charge in [0.1, 0.15) is 5.60 Å². The number of aliphatic carboxylic acids is 1. The summed E-state index contributed by atoms with van der Waals surface area (Å²) in [6.45, 7) is 11.9. The maximum Gasteiger partial charge on any atom is 0.333 e. The van der Waals surface area contributed by atoms with E-state index in [1.165, 1.54) is 0 Å². The molecule has 3 rings (SSSR count). The highest BCUT2D eigenvalue weighted by Crippen LogP contribution is 2.33. The normalized spacial score (nSPS) is 19.9. The number of carboxylic acid groups (broad SMARTS) is 1. The first-order chi connectivity index (χ1) is 16.4. The Kier molecular flexibility index (Phi) is 8.21. The molecule has 1 aliphatic rings. The molecule has 1 fully saturated rings. The molecule has 190 valence electrons. The molecule has 0 aliphatic carbocycles. The first kappa shape index (κ1) is 26.7. The second kappa shape index (κ2) is 10.8. The lowest BCUT2D eigenvalue weighted by molar-refractivity contribution is -0.153. The van der Waals surface area contributed by atoms with Crippen LogP contribution in [0.25, 0.3) is 10.8 Å². The van der Waals surface area contributed by atoms with E-state index in [2.05, 4.69) is 0 Å². The molecule has 7 nitrogen and oxygen atoms in total. The van der Waals surface area contributed by atoms with Crippen LogP contribution in [0.2, 0.25) is 0 Å². The number of hydrogen-bond donors (Lipinski definition) is 1. The minimum atomic E-state index is -1.19. The fourth-order valence-corrected chi connectivity index (χ4v) is 4.15. The van der Waals surface area contributed by atoms with Gasteiger partial charge in [0.25, 0.3) is 0 Å². The van der Waals surface area contributed by atoms with E-state index in [-0.39, 0.29) is 19.1 Å². The predicted molar refractivity (Wildman–Crippen MR) is 136 cm³/mol. The Morgan fingerprint density at radius 1 is 1.20 bits per heavy atom. The molecule has 0 radical (unpaired) electrons. The monoisotopic (exact) mass is 483 g/mol. The van der Waals surface area contributed by atoms with Crippen molar-refractivity contribution in [2.45, 2.75) is 72.1 Å². The van der Waals surface area contributed by atoms with Crippen LogP contribution in [0.4, 0.5) is 0 Å². The number of hydrogen-bond acceptors (Lipinski definition) is 6. The highest BCUT2D eigenvalue weighted by Gasteiger charge is 2.46. The Morgan fingerprint density at radius 2 is 1.89 bits per heavy atom. The van der Waals surface area contributed by atoms with E-state index in [1.807, 2.05) is 84.0 Å². The SMILES string of the molecule is CCCO[C@H](C(=O)O)[C@@H](Cc1ccc2ccccc2c1)C(=N[C@@H]1C(=O)OCC1(C)C)OC(C)(C)C. The van der Waals surface area contributed by atoms with Crippen molar-refractivity contribution in [2.24, 2.45) is 16.3 Å². The van der Waals surface area contributed by atoms with Gasteiger partial charge in [-0.15, -0.1) is 0 Å². The summed E-state index contributed by atoms with van der Waals surface area (Å²) in [4.78, 5) is 29.7. The second-order valence-electron chi connectivity index (χ2n) is 10.8. The molecule has 1 N–H and O–H groups in total. The summed E-state index contributed by atoms with van der Waals surface area (Å²) in [5.74, 6) is -2.08. The van der Waals surface area contributed by atoms with Crippen molar-refractivity contribution in [3.8, 4) is 0 Å². The van der Waals surface area contributed by atoms with E-state index in [0.717, 1.165) is 16.3 Å². The highest BCUT2D eigenvalue weighted by atomic mass is 16.5. The van der Waals surface area contributed by atoms with Crippen molar-refractivity contribution in [1.82, 2.24) is 0 Å². The standard InChI is InChI=1S/C28H37NO6/c1-7-14-33-22(25(30)31)21(16-18-12-13-19-10-8-9-11-20(19)15-18)24(35-27(2,3)4)29-23-26(32)34-17-28(23,5)6/h8-13,15,21-23H,7,14,16-17H2,1-6H3,(H,30,31)/t21-,22+,23-/m1/s1. The van der Waals surface area contributed by atoms with Crippen LogP contribution < -0.4 is 0 Å². The number of carbonyl (C=O) groups is 2. The molecule has 0 aromatic heterocycles.